The van der Waals surface area contributed by atoms with E-state index in [1.54, 1.807) is 0 Å². The minimum atomic E-state index is -1.06. The molecule has 0 fully saturated rings. The highest BCUT2D eigenvalue weighted by atomic mass is 32.1. The lowest BCUT2D eigenvalue weighted by molar-refractivity contribution is -0.141. The molecule has 0 aliphatic carbocycles. The Morgan fingerprint density at radius 1 is 0.767 bits per heavy atom. The number of rotatable bonds is 17. The first kappa shape index (κ1) is 27.7. The van der Waals surface area contributed by atoms with E-state index in [1.807, 2.05) is 12.2 Å². The SMILES string of the molecule is CC/C=C\C/C=C\C/C=C\C/C=C\C/C=C\C/C=C\CCC(=O)N[C@@H](CS)C(=O)O. The van der Waals surface area contributed by atoms with Gasteiger partial charge in [-0.25, -0.2) is 4.79 Å². The molecule has 0 aromatic rings. The summed E-state index contributed by atoms with van der Waals surface area (Å²) in [6.07, 6.45) is 32.3. The molecule has 0 aliphatic heterocycles. The van der Waals surface area contributed by atoms with Crippen molar-refractivity contribution in [2.24, 2.45) is 0 Å². The lowest BCUT2D eigenvalue weighted by Gasteiger charge is -2.10. The summed E-state index contributed by atoms with van der Waals surface area (Å²) < 4.78 is 0. The molecule has 0 radical (unpaired) electrons. The molecule has 0 bridgehead atoms. The number of thiol groups is 1. The summed E-state index contributed by atoms with van der Waals surface area (Å²) in [7, 11) is 0. The molecule has 2 N–H and O–H groups in total. The maximum atomic E-state index is 11.6. The molecule has 0 aliphatic rings. The molecule has 4 nitrogen and oxygen atoms in total. The number of carboxylic acids is 1. The Bertz CT molecular complexity index is 630. The molecular weight excluding hydrogens is 394 g/mol. The predicted molar refractivity (Wildman–Crippen MR) is 131 cm³/mol. The van der Waals surface area contributed by atoms with E-state index in [9.17, 15) is 9.59 Å². The number of amides is 1. The van der Waals surface area contributed by atoms with Crippen molar-refractivity contribution in [1.29, 1.82) is 0 Å². The smallest absolute Gasteiger partial charge is 0.327 e. The van der Waals surface area contributed by atoms with E-state index in [0.717, 1.165) is 38.5 Å². The van der Waals surface area contributed by atoms with Crippen molar-refractivity contribution in [2.45, 2.75) is 64.3 Å². The van der Waals surface area contributed by atoms with Gasteiger partial charge < -0.3 is 10.4 Å². The fourth-order valence-corrected chi connectivity index (χ4v) is 2.55. The van der Waals surface area contributed by atoms with Crippen LogP contribution in [0.5, 0.6) is 0 Å². The molecule has 0 aromatic carbocycles. The fraction of sp³-hybridized carbons (Fsp3) is 0.440. The van der Waals surface area contributed by atoms with E-state index in [2.05, 4.69) is 85.6 Å². The fourth-order valence-electron chi connectivity index (χ4n) is 2.31. The number of hydrogen-bond donors (Lipinski definition) is 3. The third kappa shape index (κ3) is 19.1. The van der Waals surface area contributed by atoms with Gasteiger partial charge in [-0.1, -0.05) is 79.8 Å². The number of carbonyl (C=O) groups is 2. The topological polar surface area (TPSA) is 66.4 Å². The van der Waals surface area contributed by atoms with Crippen LogP contribution in [0.25, 0.3) is 0 Å². The van der Waals surface area contributed by atoms with E-state index in [-0.39, 0.29) is 18.1 Å². The zero-order chi connectivity index (χ0) is 22.3. The summed E-state index contributed by atoms with van der Waals surface area (Å²) in [5.74, 6) is -1.25. The molecule has 0 aromatic heterocycles. The van der Waals surface area contributed by atoms with Crippen molar-refractivity contribution in [2.75, 3.05) is 5.75 Å². The van der Waals surface area contributed by atoms with Crippen LogP contribution in [0.1, 0.15) is 58.3 Å². The van der Waals surface area contributed by atoms with Crippen LogP contribution in [0.4, 0.5) is 0 Å². The van der Waals surface area contributed by atoms with Crippen LogP contribution in [0.3, 0.4) is 0 Å². The lowest BCUT2D eigenvalue weighted by atomic mass is 10.2. The van der Waals surface area contributed by atoms with Crippen LogP contribution in [0.15, 0.2) is 72.9 Å². The molecule has 166 valence electrons. The molecule has 1 amide bonds. The summed E-state index contributed by atoms with van der Waals surface area (Å²) in [5, 5.41) is 11.3. The van der Waals surface area contributed by atoms with Gasteiger partial charge in [-0.05, 0) is 44.9 Å². The Balaban J connectivity index is 3.70. The Kier molecular flexibility index (Phi) is 19.8. The summed E-state index contributed by atoms with van der Waals surface area (Å²) in [6.45, 7) is 2.14. The van der Waals surface area contributed by atoms with E-state index >= 15 is 0 Å². The van der Waals surface area contributed by atoms with E-state index in [0.29, 0.717) is 6.42 Å². The number of allylic oxidation sites excluding steroid dienone is 12. The Morgan fingerprint density at radius 2 is 1.17 bits per heavy atom. The van der Waals surface area contributed by atoms with Crippen LogP contribution >= 0.6 is 12.6 Å². The molecular formula is C25H37NO3S. The Hall–Kier alpha value is -2.27. The first-order chi connectivity index (χ1) is 14.6. The van der Waals surface area contributed by atoms with Gasteiger partial charge in [0.15, 0.2) is 0 Å². The molecule has 0 saturated carbocycles. The van der Waals surface area contributed by atoms with Gasteiger partial charge in [0.05, 0.1) is 0 Å². The number of carboxylic acid groups (broad SMARTS) is 1. The van der Waals surface area contributed by atoms with Crippen molar-refractivity contribution in [3.63, 3.8) is 0 Å². The molecule has 30 heavy (non-hydrogen) atoms. The van der Waals surface area contributed by atoms with Gasteiger partial charge in [0.2, 0.25) is 5.91 Å². The molecule has 5 heteroatoms. The predicted octanol–water partition coefficient (Wildman–Crippen LogP) is 5.96. The van der Waals surface area contributed by atoms with Gasteiger partial charge in [-0.2, -0.15) is 12.6 Å². The number of aliphatic carboxylic acids is 1. The Morgan fingerprint density at radius 3 is 1.53 bits per heavy atom. The first-order valence-corrected chi connectivity index (χ1v) is 11.3. The molecule has 0 rings (SSSR count). The van der Waals surface area contributed by atoms with Gasteiger partial charge in [-0.15, -0.1) is 0 Å². The highest BCUT2D eigenvalue weighted by Gasteiger charge is 2.17. The third-order valence-corrected chi connectivity index (χ3v) is 4.32. The van der Waals surface area contributed by atoms with E-state index < -0.39 is 12.0 Å². The third-order valence-electron chi connectivity index (χ3n) is 3.95. The van der Waals surface area contributed by atoms with Crippen molar-refractivity contribution in [3.8, 4) is 0 Å². The molecule has 0 spiro atoms. The lowest BCUT2D eigenvalue weighted by Crippen LogP contribution is -2.41. The van der Waals surface area contributed by atoms with Crippen LogP contribution < -0.4 is 5.32 Å². The summed E-state index contributed by atoms with van der Waals surface area (Å²) >= 11 is 3.91. The second-order valence-electron chi connectivity index (χ2n) is 6.59. The zero-order valence-electron chi connectivity index (χ0n) is 18.1. The van der Waals surface area contributed by atoms with Gasteiger partial charge in [0, 0.05) is 12.2 Å². The number of hydrogen-bond acceptors (Lipinski definition) is 3. The van der Waals surface area contributed by atoms with E-state index in [1.165, 1.54) is 0 Å². The standard InChI is InChI=1S/C25H37NO3S/c1-2-3-4-5-6-7-8-9-10-11-12-13-14-15-16-17-18-19-20-21-24(27)26-23(22-30)25(28)29/h3-4,6-7,9-10,12-13,15-16,18-19,23,30H,2,5,8,11,14,17,20-22H2,1H3,(H,26,27)(H,28,29)/b4-3-,7-6-,10-9-,13-12-,16-15-,19-18-/t23-/m0/s1. The van der Waals surface area contributed by atoms with Crippen molar-refractivity contribution in [1.82, 2.24) is 5.32 Å². The molecule has 0 saturated heterocycles. The maximum Gasteiger partial charge on any atom is 0.327 e. The highest BCUT2D eigenvalue weighted by Crippen LogP contribution is 1.98. The Labute approximate surface area is 187 Å². The normalized spacial score (nSPS) is 13.7. The molecule has 0 heterocycles. The quantitative estimate of drug-likeness (QED) is 0.196. The first-order valence-electron chi connectivity index (χ1n) is 10.6. The second-order valence-corrected chi connectivity index (χ2v) is 6.96. The zero-order valence-corrected chi connectivity index (χ0v) is 19.0. The average Bonchev–Trinajstić information content (AvgIpc) is 2.73. The average molecular weight is 432 g/mol. The van der Waals surface area contributed by atoms with Crippen LogP contribution in [0, 0.1) is 0 Å². The number of carbonyl (C=O) groups excluding carboxylic acids is 1. The van der Waals surface area contributed by atoms with Crippen LogP contribution in [0.2, 0.25) is 0 Å². The van der Waals surface area contributed by atoms with Gasteiger partial charge >= 0.3 is 5.97 Å². The van der Waals surface area contributed by atoms with Crippen molar-refractivity contribution >= 4 is 24.5 Å². The van der Waals surface area contributed by atoms with Crippen molar-refractivity contribution in [3.05, 3.63) is 72.9 Å². The summed E-state index contributed by atoms with van der Waals surface area (Å²) in [6, 6.07) is -0.925. The molecule has 0 unspecified atom stereocenters. The van der Waals surface area contributed by atoms with E-state index in [4.69, 9.17) is 5.11 Å². The number of nitrogens with one attached hydrogen (secondary N) is 1. The van der Waals surface area contributed by atoms with Crippen LogP contribution in [-0.2, 0) is 9.59 Å². The van der Waals surface area contributed by atoms with Crippen LogP contribution in [-0.4, -0.2) is 28.8 Å². The minimum Gasteiger partial charge on any atom is -0.480 e. The largest absolute Gasteiger partial charge is 0.480 e. The summed E-state index contributed by atoms with van der Waals surface area (Å²) in [4.78, 5) is 22.4. The van der Waals surface area contributed by atoms with Crippen molar-refractivity contribution < 1.29 is 14.7 Å². The highest BCUT2D eigenvalue weighted by molar-refractivity contribution is 7.80. The second kappa shape index (κ2) is 21.4. The monoisotopic (exact) mass is 431 g/mol. The van der Waals surface area contributed by atoms with Gasteiger partial charge in [0.25, 0.3) is 0 Å². The maximum absolute atomic E-state index is 11.6. The van der Waals surface area contributed by atoms with Gasteiger partial charge in [0.1, 0.15) is 6.04 Å². The summed E-state index contributed by atoms with van der Waals surface area (Å²) in [5.41, 5.74) is 0. The molecule has 1 atom stereocenters. The minimum absolute atomic E-state index is 0.0843. The van der Waals surface area contributed by atoms with Gasteiger partial charge in [-0.3, -0.25) is 4.79 Å².